The van der Waals surface area contributed by atoms with Crippen molar-refractivity contribution in [3.05, 3.63) is 63.7 Å². The lowest BCUT2D eigenvalue weighted by Crippen LogP contribution is -2.47. The van der Waals surface area contributed by atoms with Crippen LogP contribution in [0.25, 0.3) is 0 Å². The lowest BCUT2D eigenvalue weighted by atomic mass is 10.0. The van der Waals surface area contributed by atoms with Crippen LogP contribution in [0.15, 0.2) is 41.3 Å². The molecule has 1 fully saturated rings. The van der Waals surface area contributed by atoms with Crippen molar-refractivity contribution in [3.63, 3.8) is 0 Å². The standard InChI is InChI=1S/C19H21F2N3O4S/c1-13(16-5-3-14(20)11-17(16)21)22-7-9-23(10-8-22)18-6-4-15(29(2,27)28)12-19(18)24(25)26/h3-6,11-13H,7-10H2,1-2H3. The smallest absolute Gasteiger partial charge is 0.293 e. The van der Waals surface area contributed by atoms with E-state index >= 15 is 0 Å². The maximum atomic E-state index is 14.1. The Balaban J connectivity index is 1.77. The van der Waals surface area contributed by atoms with Gasteiger partial charge >= 0.3 is 0 Å². The van der Waals surface area contributed by atoms with Crippen molar-refractivity contribution < 1.29 is 22.1 Å². The predicted molar refractivity (Wildman–Crippen MR) is 105 cm³/mol. The zero-order valence-corrected chi connectivity index (χ0v) is 16.8. The Kier molecular flexibility index (Phi) is 5.85. The van der Waals surface area contributed by atoms with E-state index in [0.717, 1.165) is 18.4 Å². The summed E-state index contributed by atoms with van der Waals surface area (Å²) in [4.78, 5) is 14.6. The molecule has 0 radical (unpaired) electrons. The van der Waals surface area contributed by atoms with Gasteiger partial charge in [-0.1, -0.05) is 6.07 Å². The van der Waals surface area contributed by atoms with E-state index in [0.29, 0.717) is 37.4 Å². The second-order valence-corrected chi connectivity index (χ2v) is 9.06. The van der Waals surface area contributed by atoms with E-state index in [2.05, 4.69) is 0 Å². The summed E-state index contributed by atoms with van der Waals surface area (Å²) in [5.41, 5.74) is 0.477. The van der Waals surface area contributed by atoms with Crippen LogP contribution in [0.4, 0.5) is 20.2 Å². The second kappa shape index (κ2) is 8.03. The SMILES string of the molecule is CC(c1ccc(F)cc1F)N1CCN(c2ccc(S(C)(=O)=O)cc2[N+](=O)[O-])CC1. The fourth-order valence-corrected chi connectivity index (χ4v) is 4.18. The third kappa shape index (κ3) is 4.54. The zero-order valence-electron chi connectivity index (χ0n) is 16.0. The molecule has 1 saturated heterocycles. The Hall–Kier alpha value is -2.59. The molecule has 0 N–H and O–H groups in total. The molecule has 0 aromatic heterocycles. The summed E-state index contributed by atoms with van der Waals surface area (Å²) in [6.45, 7) is 3.76. The van der Waals surface area contributed by atoms with Gasteiger partial charge in [-0.15, -0.1) is 0 Å². The highest BCUT2D eigenvalue weighted by Gasteiger charge is 2.28. The van der Waals surface area contributed by atoms with Crippen molar-refractivity contribution in [2.45, 2.75) is 17.9 Å². The van der Waals surface area contributed by atoms with Gasteiger partial charge in [-0.2, -0.15) is 0 Å². The van der Waals surface area contributed by atoms with E-state index in [4.69, 9.17) is 0 Å². The van der Waals surface area contributed by atoms with Crippen molar-refractivity contribution in [2.75, 3.05) is 37.3 Å². The fourth-order valence-electron chi connectivity index (χ4n) is 3.53. The first-order valence-corrected chi connectivity index (χ1v) is 10.9. The average Bonchev–Trinajstić information content (AvgIpc) is 2.66. The first-order chi connectivity index (χ1) is 13.6. The summed E-state index contributed by atoms with van der Waals surface area (Å²) in [5, 5.41) is 11.5. The number of nitrogens with zero attached hydrogens (tertiary/aromatic N) is 3. The molecule has 3 rings (SSSR count). The number of hydrogen-bond donors (Lipinski definition) is 0. The molecule has 2 aromatic rings. The first kappa shape index (κ1) is 21.1. The van der Waals surface area contributed by atoms with Crippen LogP contribution in [-0.4, -0.2) is 50.7 Å². The van der Waals surface area contributed by atoms with Crippen LogP contribution in [0.1, 0.15) is 18.5 Å². The van der Waals surface area contributed by atoms with Gasteiger partial charge in [0, 0.05) is 56.2 Å². The molecule has 1 heterocycles. The number of benzene rings is 2. The summed E-state index contributed by atoms with van der Waals surface area (Å²) >= 11 is 0. The third-order valence-electron chi connectivity index (χ3n) is 5.19. The van der Waals surface area contributed by atoms with Crippen LogP contribution >= 0.6 is 0 Å². The summed E-state index contributed by atoms with van der Waals surface area (Å²) < 4.78 is 50.6. The largest absolute Gasteiger partial charge is 0.363 e. The number of rotatable bonds is 5. The number of halogens is 2. The van der Waals surface area contributed by atoms with Gasteiger partial charge in [-0.25, -0.2) is 17.2 Å². The van der Waals surface area contributed by atoms with Crippen LogP contribution in [0.2, 0.25) is 0 Å². The van der Waals surface area contributed by atoms with Gasteiger partial charge in [0.2, 0.25) is 0 Å². The van der Waals surface area contributed by atoms with E-state index in [1.807, 2.05) is 16.7 Å². The van der Waals surface area contributed by atoms with E-state index in [9.17, 15) is 27.3 Å². The maximum absolute atomic E-state index is 14.1. The summed E-state index contributed by atoms with van der Waals surface area (Å²) in [6, 6.07) is 7.12. The van der Waals surface area contributed by atoms with E-state index in [1.165, 1.54) is 24.3 Å². The molecule has 0 bridgehead atoms. The second-order valence-electron chi connectivity index (χ2n) is 7.04. The molecule has 1 aliphatic rings. The molecule has 7 nitrogen and oxygen atoms in total. The van der Waals surface area contributed by atoms with Gasteiger partial charge in [0.15, 0.2) is 9.84 Å². The van der Waals surface area contributed by atoms with E-state index < -0.39 is 26.4 Å². The molecule has 10 heteroatoms. The number of nitro groups is 1. The molecule has 0 aliphatic carbocycles. The third-order valence-corrected chi connectivity index (χ3v) is 6.30. The molecule has 0 spiro atoms. The van der Waals surface area contributed by atoms with Gasteiger partial charge in [-0.05, 0) is 25.1 Å². The quantitative estimate of drug-likeness (QED) is 0.541. The van der Waals surface area contributed by atoms with Crippen LogP contribution < -0.4 is 4.90 Å². The van der Waals surface area contributed by atoms with Crippen molar-refractivity contribution in [1.82, 2.24) is 4.90 Å². The molecular weight excluding hydrogens is 404 g/mol. The lowest BCUT2D eigenvalue weighted by Gasteiger charge is -2.39. The Morgan fingerprint density at radius 1 is 1.07 bits per heavy atom. The Morgan fingerprint density at radius 2 is 1.72 bits per heavy atom. The average molecular weight is 425 g/mol. The van der Waals surface area contributed by atoms with Crippen LogP contribution in [0, 0.1) is 21.7 Å². The van der Waals surface area contributed by atoms with Gasteiger partial charge in [-0.3, -0.25) is 15.0 Å². The number of piperazine rings is 1. The Morgan fingerprint density at radius 3 is 2.28 bits per heavy atom. The van der Waals surface area contributed by atoms with Crippen molar-refractivity contribution >= 4 is 21.2 Å². The predicted octanol–water partition coefficient (Wildman–Crippen LogP) is 3.16. The molecule has 0 saturated carbocycles. The molecule has 1 aliphatic heterocycles. The van der Waals surface area contributed by atoms with Crippen LogP contribution in [0.3, 0.4) is 0 Å². The number of nitro benzene ring substituents is 1. The minimum atomic E-state index is -3.56. The molecule has 2 aromatic carbocycles. The lowest BCUT2D eigenvalue weighted by molar-refractivity contribution is -0.384. The first-order valence-electron chi connectivity index (χ1n) is 9.00. The van der Waals surface area contributed by atoms with Crippen LogP contribution in [-0.2, 0) is 9.84 Å². The van der Waals surface area contributed by atoms with Crippen LogP contribution in [0.5, 0.6) is 0 Å². The molecule has 0 amide bonds. The molecule has 29 heavy (non-hydrogen) atoms. The van der Waals surface area contributed by atoms with Gasteiger partial charge in [0.05, 0.1) is 9.82 Å². The zero-order chi connectivity index (χ0) is 21.3. The van der Waals surface area contributed by atoms with Gasteiger partial charge in [0.1, 0.15) is 17.3 Å². The van der Waals surface area contributed by atoms with E-state index in [-0.39, 0.29) is 16.6 Å². The Labute approximate surface area is 167 Å². The van der Waals surface area contributed by atoms with Crippen molar-refractivity contribution in [2.24, 2.45) is 0 Å². The normalized spacial score (nSPS) is 16.6. The summed E-state index contributed by atoms with van der Waals surface area (Å²) in [7, 11) is -3.56. The maximum Gasteiger partial charge on any atom is 0.293 e. The number of anilines is 1. The molecule has 1 unspecified atom stereocenters. The fraction of sp³-hybridized carbons (Fsp3) is 0.368. The van der Waals surface area contributed by atoms with E-state index in [1.54, 1.807) is 0 Å². The highest BCUT2D eigenvalue weighted by Crippen LogP contribution is 2.33. The highest BCUT2D eigenvalue weighted by molar-refractivity contribution is 7.90. The van der Waals surface area contributed by atoms with Crippen molar-refractivity contribution in [3.8, 4) is 0 Å². The highest BCUT2D eigenvalue weighted by atomic mass is 32.2. The van der Waals surface area contributed by atoms with Gasteiger partial charge < -0.3 is 4.90 Å². The topological polar surface area (TPSA) is 83.8 Å². The van der Waals surface area contributed by atoms with Crippen molar-refractivity contribution in [1.29, 1.82) is 0 Å². The molecule has 1 atom stereocenters. The minimum absolute atomic E-state index is 0.105. The monoisotopic (exact) mass is 425 g/mol. The summed E-state index contributed by atoms with van der Waals surface area (Å²) in [6.07, 6.45) is 1.00. The number of hydrogen-bond acceptors (Lipinski definition) is 6. The minimum Gasteiger partial charge on any atom is -0.363 e. The molecular formula is C19H21F2N3O4S. The molecule has 156 valence electrons. The number of sulfone groups is 1. The summed E-state index contributed by atoms with van der Waals surface area (Å²) in [5.74, 6) is -1.24. The van der Waals surface area contributed by atoms with Gasteiger partial charge in [0.25, 0.3) is 5.69 Å². The Bertz CT molecular complexity index is 1040.